The lowest BCUT2D eigenvalue weighted by Gasteiger charge is -2.15. The first-order chi connectivity index (χ1) is 14.0. The third-order valence-electron chi connectivity index (χ3n) is 4.44. The summed E-state index contributed by atoms with van der Waals surface area (Å²) in [6, 6.07) is 9.34. The first-order valence-electron chi connectivity index (χ1n) is 8.88. The normalized spacial score (nSPS) is 12.6. The van der Waals surface area contributed by atoms with Crippen LogP contribution in [0.15, 0.2) is 36.4 Å². The number of nitrogens with zero attached hydrogens (tertiary/aromatic N) is 1. The summed E-state index contributed by atoms with van der Waals surface area (Å²) in [6.45, 7) is 0.483. The Morgan fingerprint density at radius 2 is 1.66 bits per heavy atom. The van der Waals surface area contributed by atoms with Crippen molar-refractivity contribution in [2.75, 3.05) is 32.6 Å². The second-order valence-corrected chi connectivity index (χ2v) is 6.64. The Hall–Kier alpha value is -3.26. The van der Waals surface area contributed by atoms with Crippen LogP contribution >= 0.6 is 11.6 Å². The Morgan fingerprint density at radius 1 is 1.03 bits per heavy atom. The molecule has 0 saturated heterocycles. The molecule has 8 nitrogen and oxygen atoms in total. The van der Waals surface area contributed by atoms with Crippen molar-refractivity contribution in [1.82, 2.24) is 10.2 Å². The molecule has 0 radical (unpaired) electrons. The molecule has 3 rings (SSSR count). The van der Waals surface area contributed by atoms with E-state index in [9.17, 15) is 14.4 Å². The lowest BCUT2D eigenvalue weighted by Crippen LogP contribution is -2.35. The van der Waals surface area contributed by atoms with Gasteiger partial charge in [0.25, 0.3) is 11.8 Å². The minimum Gasteiger partial charge on any atom is -0.495 e. The molecule has 4 amide bonds. The van der Waals surface area contributed by atoms with Crippen molar-refractivity contribution in [2.24, 2.45) is 0 Å². The van der Waals surface area contributed by atoms with Crippen molar-refractivity contribution >= 4 is 35.1 Å². The number of anilines is 1. The molecule has 152 valence electrons. The lowest BCUT2D eigenvalue weighted by molar-refractivity contribution is 0.0653. The van der Waals surface area contributed by atoms with Crippen molar-refractivity contribution < 1.29 is 23.9 Å². The summed E-state index contributed by atoms with van der Waals surface area (Å²) in [7, 11) is 2.93. The fraction of sp³-hybridized carbons (Fsp3) is 0.250. The van der Waals surface area contributed by atoms with Crippen LogP contribution in [0.4, 0.5) is 10.5 Å². The summed E-state index contributed by atoms with van der Waals surface area (Å²) in [5.41, 5.74) is 1.21. The second kappa shape index (κ2) is 8.83. The molecule has 0 saturated carbocycles. The van der Waals surface area contributed by atoms with Crippen LogP contribution in [0.3, 0.4) is 0 Å². The van der Waals surface area contributed by atoms with Gasteiger partial charge in [0.05, 0.1) is 36.1 Å². The minimum absolute atomic E-state index is 0.213. The van der Waals surface area contributed by atoms with Gasteiger partial charge >= 0.3 is 6.03 Å². The van der Waals surface area contributed by atoms with Gasteiger partial charge in [0.15, 0.2) is 0 Å². The lowest BCUT2D eigenvalue weighted by atomic mass is 10.1. The molecule has 9 heteroatoms. The third-order valence-corrected chi connectivity index (χ3v) is 4.74. The highest BCUT2D eigenvalue weighted by molar-refractivity contribution is 6.32. The van der Waals surface area contributed by atoms with Crippen molar-refractivity contribution in [3.05, 3.63) is 52.5 Å². The maximum absolute atomic E-state index is 12.3. The Kier molecular flexibility index (Phi) is 6.23. The number of hydrogen-bond donors (Lipinski definition) is 2. The number of hydrogen-bond acceptors (Lipinski definition) is 5. The van der Waals surface area contributed by atoms with E-state index in [0.717, 1.165) is 0 Å². The number of urea groups is 1. The number of rotatable bonds is 7. The first kappa shape index (κ1) is 20.5. The number of carbonyl (C=O) groups is 3. The van der Waals surface area contributed by atoms with Crippen molar-refractivity contribution in [3.63, 3.8) is 0 Å². The van der Waals surface area contributed by atoms with Crippen molar-refractivity contribution in [3.8, 4) is 11.5 Å². The highest BCUT2D eigenvalue weighted by atomic mass is 35.5. The molecule has 2 N–H and O–H groups in total. The first-order valence-corrected chi connectivity index (χ1v) is 9.25. The Labute approximate surface area is 172 Å². The van der Waals surface area contributed by atoms with Crippen LogP contribution < -0.4 is 20.1 Å². The molecule has 2 aromatic carbocycles. The zero-order valence-electron chi connectivity index (χ0n) is 16.0. The topological polar surface area (TPSA) is 97.0 Å². The number of amides is 4. The average molecular weight is 418 g/mol. The number of nitrogens with one attached hydrogen (secondary N) is 2. The number of methoxy groups -OCH3 is 2. The second-order valence-electron chi connectivity index (χ2n) is 6.23. The van der Waals surface area contributed by atoms with Gasteiger partial charge in [-0.2, -0.15) is 0 Å². The molecule has 0 fully saturated rings. The van der Waals surface area contributed by atoms with E-state index in [1.54, 1.807) is 30.3 Å². The maximum Gasteiger partial charge on any atom is 0.319 e. The highest BCUT2D eigenvalue weighted by Crippen LogP contribution is 2.35. The standard InChI is InChI=1S/C20H20ClN3O5/c1-28-16-11-15(17(29-2)10-14(16)21)23-20(27)22-8-5-9-24-18(25)12-6-3-4-7-13(12)19(24)26/h3-4,6-7,10-11H,5,8-9H2,1-2H3,(H2,22,23,27). The maximum atomic E-state index is 12.3. The smallest absolute Gasteiger partial charge is 0.319 e. The molecule has 0 aromatic heterocycles. The summed E-state index contributed by atoms with van der Waals surface area (Å²) in [5.74, 6) is 0.159. The van der Waals surface area contributed by atoms with E-state index in [0.29, 0.717) is 39.8 Å². The number of halogens is 1. The number of benzene rings is 2. The predicted octanol–water partition coefficient (Wildman–Crippen LogP) is 3.17. The quantitative estimate of drug-likeness (QED) is 0.532. The number of ether oxygens (including phenoxy) is 2. The van der Waals surface area contributed by atoms with Gasteiger partial charge in [0.1, 0.15) is 11.5 Å². The van der Waals surface area contributed by atoms with Gasteiger partial charge in [0.2, 0.25) is 0 Å². The van der Waals surface area contributed by atoms with Crippen LogP contribution in [0.1, 0.15) is 27.1 Å². The summed E-state index contributed by atoms with van der Waals surface area (Å²) in [4.78, 5) is 38.0. The molecule has 2 aromatic rings. The van der Waals surface area contributed by atoms with Crippen molar-refractivity contribution in [1.29, 1.82) is 0 Å². The summed E-state index contributed by atoms with van der Waals surface area (Å²) >= 11 is 6.05. The van der Waals surface area contributed by atoms with Crippen LogP contribution in [0, 0.1) is 0 Å². The molecule has 0 atom stereocenters. The number of imide groups is 1. The summed E-state index contributed by atoms with van der Waals surface area (Å²) < 4.78 is 10.4. The van der Waals surface area contributed by atoms with E-state index in [-0.39, 0.29) is 24.9 Å². The Morgan fingerprint density at radius 3 is 2.24 bits per heavy atom. The van der Waals surface area contributed by atoms with Crippen LogP contribution in [-0.4, -0.2) is 50.1 Å². The van der Waals surface area contributed by atoms with Gasteiger partial charge in [-0.3, -0.25) is 14.5 Å². The SMILES string of the molecule is COc1cc(NC(=O)NCCCN2C(=O)c3ccccc3C2=O)c(OC)cc1Cl. The molecular formula is C20H20ClN3O5. The molecular weight excluding hydrogens is 398 g/mol. The van der Waals surface area contributed by atoms with E-state index < -0.39 is 6.03 Å². The fourth-order valence-corrected chi connectivity index (χ4v) is 3.24. The van der Waals surface area contributed by atoms with Gasteiger partial charge in [-0.25, -0.2) is 4.79 Å². The van der Waals surface area contributed by atoms with Crippen LogP contribution in [0.2, 0.25) is 5.02 Å². The van der Waals surface area contributed by atoms with E-state index in [1.807, 2.05) is 0 Å². The van der Waals surface area contributed by atoms with E-state index in [4.69, 9.17) is 21.1 Å². The van der Waals surface area contributed by atoms with E-state index >= 15 is 0 Å². The third kappa shape index (κ3) is 4.27. The largest absolute Gasteiger partial charge is 0.495 e. The van der Waals surface area contributed by atoms with Gasteiger partial charge in [-0.05, 0) is 18.6 Å². The molecule has 0 unspecified atom stereocenters. The molecule has 1 heterocycles. The zero-order valence-corrected chi connectivity index (χ0v) is 16.7. The number of carbonyl (C=O) groups excluding carboxylic acids is 3. The summed E-state index contributed by atoms with van der Waals surface area (Å²) in [5, 5.41) is 5.70. The fourth-order valence-electron chi connectivity index (χ4n) is 3.01. The molecule has 29 heavy (non-hydrogen) atoms. The van der Waals surface area contributed by atoms with Gasteiger partial charge in [-0.15, -0.1) is 0 Å². The van der Waals surface area contributed by atoms with Crippen LogP contribution in [0.25, 0.3) is 0 Å². The zero-order chi connectivity index (χ0) is 21.0. The molecule has 0 bridgehead atoms. The van der Waals surface area contributed by atoms with Crippen LogP contribution in [0.5, 0.6) is 11.5 Å². The van der Waals surface area contributed by atoms with Gasteiger partial charge < -0.3 is 20.1 Å². The minimum atomic E-state index is -0.463. The Bertz CT molecular complexity index is 928. The predicted molar refractivity (Wildman–Crippen MR) is 108 cm³/mol. The van der Waals surface area contributed by atoms with E-state index in [1.165, 1.54) is 25.2 Å². The van der Waals surface area contributed by atoms with E-state index in [2.05, 4.69) is 10.6 Å². The van der Waals surface area contributed by atoms with Gasteiger partial charge in [-0.1, -0.05) is 23.7 Å². The summed E-state index contributed by atoms with van der Waals surface area (Å²) in [6.07, 6.45) is 0.417. The molecule has 1 aliphatic rings. The molecule has 0 spiro atoms. The Balaban J connectivity index is 1.51. The van der Waals surface area contributed by atoms with Crippen LogP contribution in [-0.2, 0) is 0 Å². The molecule has 0 aliphatic carbocycles. The average Bonchev–Trinajstić information content (AvgIpc) is 2.97. The number of fused-ring (bicyclic) bond motifs is 1. The highest BCUT2D eigenvalue weighted by Gasteiger charge is 2.34. The van der Waals surface area contributed by atoms with Crippen molar-refractivity contribution in [2.45, 2.75) is 6.42 Å². The molecule has 1 aliphatic heterocycles. The van der Waals surface area contributed by atoms with Gasteiger partial charge in [0, 0.05) is 25.2 Å². The monoisotopic (exact) mass is 417 g/mol.